The molecule has 0 saturated heterocycles. The number of carbonyl (C=O) groups excluding carboxylic acids is 1. The fourth-order valence-electron chi connectivity index (χ4n) is 2.63. The molecule has 0 bridgehead atoms. The van der Waals surface area contributed by atoms with Gasteiger partial charge in [-0.3, -0.25) is 9.78 Å². The summed E-state index contributed by atoms with van der Waals surface area (Å²) in [4.78, 5) is 16.6. The maximum atomic E-state index is 12.5. The van der Waals surface area contributed by atoms with E-state index < -0.39 is 5.60 Å². The van der Waals surface area contributed by atoms with Gasteiger partial charge in [-0.2, -0.15) is 0 Å². The Morgan fingerprint density at radius 3 is 2.78 bits per heavy atom. The van der Waals surface area contributed by atoms with Gasteiger partial charge in [0.2, 0.25) is 0 Å². The lowest BCUT2D eigenvalue weighted by Gasteiger charge is -2.27. The molecule has 0 atom stereocenters. The molecular weight excluding hydrogens is 294 g/mol. The van der Waals surface area contributed by atoms with Crippen molar-refractivity contribution in [3.05, 3.63) is 28.5 Å². The Balaban J connectivity index is 2.10. The molecule has 1 aromatic rings. The van der Waals surface area contributed by atoms with Crippen molar-refractivity contribution < 1.29 is 9.53 Å². The highest BCUT2D eigenvalue weighted by Gasteiger charge is 2.41. The second kappa shape index (κ2) is 5.93. The summed E-state index contributed by atoms with van der Waals surface area (Å²) in [7, 11) is 0. The predicted molar refractivity (Wildman–Crippen MR) is 73.5 cm³/mol. The number of rotatable bonds is 5. The van der Waals surface area contributed by atoms with Gasteiger partial charge in [0, 0.05) is 29.9 Å². The number of halogens is 1. The smallest absolute Gasteiger partial charge is 0.169 e. The first-order valence-electron chi connectivity index (χ1n) is 6.43. The number of hydrogen-bond acceptors (Lipinski definition) is 3. The normalized spacial score (nSPS) is 17.9. The first-order valence-corrected chi connectivity index (χ1v) is 7.22. The van der Waals surface area contributed by atoms with Gasteiger partial charge in [-0.05, 0) is 60.2 Å². The van der Waals surface area contributed by atoms with Crippen LogP contribution in [0.4, 0.5) is 0 Å². The monoisotopic (exact) mass is 311 g/mol. The number of hydrogen-bond donors (Lipinski definition) is 0. The molecule has 18 heavy (non-hydrogen) atoms. The lowest BCUT2D eigenvalue weighted by atomic mass is 9.92. The van der Waals surface area contributed by atoms with Crippen LogP contribution in [-0.4, -0.2) is 23.0 Å². The third kappa shape index (κ3) is 2.98. The maximum Gasteiger partial charge on any atom is 0.169 e. The number of pyridine rings is 1. The zero-order chi connectivity index (χ0) is 13.0. The van der Waals surface area contributed by atoms with E-state index in [0.29, 0.717) is 13.0 Å². The number of Topliss-reactive ketones (excluding diaryl/α,β-unsaturated/α-hetero) is 1. The molecule has 0 N–H and O–H groups in total. The number of carbonyl (C=O) groups is 1. The van der Waals surface area contributed by atoms with Crippen LogP contribution in [0.25, 0.3) is 0 Å². The first kappa shape index (κ1) is 13.7. The zero-order valence-electron chi connectivity index (χ0n) is 10.6. The van der Waals surface area contributed by atoms with Crippen molar-refractivity contribution in [3.63, 3.8) is 0 Å². The second-order valence-corrected chi connectivity index (χ2v) is 5.66. The fraction of sp³-hybridized carbons (Fsp3) is 0.571. The quantitative estimate of drug-likeness (QED) is 0.837. The van der Waals surface area contributed by atoms with E-state index in [-0.39, 0.29) is 5.78 Å². The highest BCUT2D eigenvalue weighted by atomic mass is 79.9. The summed E-state index contributed by atoms with van der Waals surface area (Å²) in [6.07, 6.45) is 7.78. The van der Waals surface area contributed by atoms with Gasteiger partial charge in [-0.25, -0.2) is 0 Å². The lowest BCUT2D eigenvalue weighted by Crippen LogP contribution is -2.40. The van der Waals surface area contributed by atoms with Gasteiger partial charge >= 0.3 is 0 Å². The minimum Gasteiger partial charge on any atom is -0.367 e. The number of aromatic nitrogens is 1. The zero-order valence-corrected chi connectivity index (χ0v) is 12.2. The molecule has 0 radical (unpaired) electrons. The van der Waals surface area contributed by atoms with Crippen molar-refractivity contribution >= 4 is 21.7 Å². The van der Waals surface area contributed by atoms with E-state index in [0.717, 1.165) is 35.7 Å². The van der Waals surface area contributed by atoms with E-state index in [9.17, 15) is 4.79 Å². The number of ether oxygens (including phenoxy) is 1. The average Bonchev–Trinajstić information content (AvgIpc) is 2.79. The molecule has 0 unspecified atom stereocenters. The Morgan fingerprint density at radius 1 is 1.44 bits per heavy atom. The van der Waals surface area contributed by atoms with E-state index in [1.54, 1.807) is 12.4 Å². The average molecular weight is 312 g/mol. The second-order valence-electron chi connectivity index (χ2n) is 4.75. The minimum absolute atomic E-state index is 0.196. The van der Waals surface area contributed by atoms with Crippen LogP contribution in [0.1, 0.15) is 38.2 Å². The molecule has 0 spiro atoms. The van der Waals surface area contributed by atoms with Gasteiger partial charge in [-0.1, -0.05) is 0 Å². The fourth-order valence-corrected chi connectivity index (χ4v) is 3.04. The van der Waals surface area contributed by atoms with Gasteiger partial charge in [-0.15, -0.1) is 0 Å². The van der Waals surface area contributed by atoms with Crippen LogP contribution in [-0.2, 0) is 16.0 Å². The Kier molecular flexibility index (Phi) is 4.51. The molecule has 1 fully saturated rings. The highest BCUT2D eigenvalue weighted by Crippen LogP contribution is 2.35. The predicted octanol–water partition coefficient (Wildman–Crippen LogP) is 3.31. The molecule has 1 aliphatic rings. The molecule has 1 heterocycles. The third-order valence-corrected chi connectivity index (χ3v) is 3.90. The van der Waals surface area contributed by atoms with Gasteiger partial charge in [0.1, 0.15) is 5.60 Å². The van der Waals surface area contributed by atoms with Gasteiger partial charge in [0.05, 0.1) is 0 Å². The Morgan fingerprint density at radius 2 is 2.17 bits per heavy atom. The van der Waals surface area contributed by atoms with Crippen molar-refractivity contribution in [2.75, 3.05) is 6.61 Å². The van der Waals surface area contributed by atoms with Crippen LogP contribution in [0.15, 0.2) is 22.9 Å². The molecule has 1 aliphatic carbocycles. The summed E-state index contributed by atoms with van der Waals surface area (Å²) < 4.78 is 6.68. The van der Waals surface area contributed by atoms with Gasteiger partial charge in [0.15, 0.2) is 5.78 Å². The molecule has 3 nitrogen and oxygen atoms in total. The molecule has 0 aromatic carbocycles. The van der Waals surface area contributed by atoms with Gasteiger partial charge < -0.3 is 4.74 Å². The lowest BCUT2D eigenvalue weighted by molar-refractivity contribution is -0.142. The van der Waals surface area contributed by atoms with E-state index in [1.165, 1.54) is 0 Å². The van der Waals surface area contributed by atoms with Crippen molar-refractivity contribution in [2.24, 2.45) is 0 Å². The van der Waals surface area contributed by atoms with E-state index in [4.69, 9.17) is 4.74 Å². The minimum atomic E-state index is -0.531. The Hall–Kier alpha value is -0.740. The molecule has 0 aliphatic heterocycles. The molecule has 1 aromatic heterocycles. The van der Waals surface area contributed by atoms with Crippen LogP contribution in [0.3, 0.4) is 0 Å². The summed E-state index contributed by atoms with van der Waals surface area (Å²) in [5.74, 6) is 0.196. The van der Waals surface area contributed by atoms with Crippen molar-refractivity contribution in [1.82, 2.24) is 4.98 Å². The van der Waals surface area contributed by atoms with Crippen molar-refractivity contribution in [3.8, 4) is 0 Å². The Bertz CT molecular complexity index is 428. The molecular formula is C14H18BrNO2. The summed E-state index contributed by atoms with van der Waals surface area (Å²) in [6, 6.07) is 1.94. The molecule has 4 heteroatoms. The first-order chi connectivity index (χ1) is 8.66. The number of ketones is 1. The van der Waals surface area contributed by atoms with E-state index in [1.807, 2.05) is 13.0 Å². The van der Waals surface area contributed by atoms with E-state index in [2.05, 4.69) is 20.9 Å². The van der Waals surface area contributed by atoms with Crippen LogP contribution >= 0.6 is 15.9 Å². The van der Waals surface area contributed by atoms with Crippen LogP contribution in [0.2, 0.25) is 0 Å². The Labute approximate surface area is 116 Å². The highest BCUT2D eigenvalue weighted by molar-refractivity contribution is 9.10. The van der Waals surface area contributed by atoms with Crippen molar-refractivity contribution in [1.29, 1.82) is 0 Å². The summed E-state index contributed by atoms with van der Waals surface area (Å²) >= 11 is 3.37. The molecule has 1 saturated carbocycles. The molecule has 2 rings (SSSR count). The maximum absolute atomic E-state index is 12.5. The summed E-state index contributed by atoms with van der Waals surface area (Å²) in [5.41, 5.74) is 0.414. The standard InChI is InChI=1S/C14H18BrNO2/c1-2-18-14(5-3-4-6-14)13(17)8-11-7-12(15)10-16-9-11/h7,9-10H,2-6,8H2,1H3. The van der Waals surface area contributed by atoms with Crippen molar-refractivity contribution in [2.45, 2.75) is 44.6 Å². The van der Waals surface area contributed by atoms with Gasteiger partial charge in [0.25, 0.3) is 0 Å². The largest absolute Gasteiger partial charge is 0.367 e. The van der Waals surface area contributed by atoms with E-state index >= 15 is 0 Å². The molecule has 0 amide bonds. The van der Waals surface area contributed by atoms with Crippen LogP contribution in [0.5, 0.6) is 0 Å². The number of nitrogens with zero attached hydrogens (tertiary/aromatic N) is 1. The summed E-state index contributed by atoms with van der Waals surface area (Å²) in [6.45, 7) is 2.55. The third-order valence-electron chi connectivity index (χ3n) is 3.47. The van der Waals surface area contributed by atoms with Crippen LogP contribution in [0, 0.1) is 0 Å². The van der Waals surface area contributed by atoms with Crippen LogP contribution < -0.4 is 0 Å². The topological polar surface area (TPSA) is 39.2 Å². The summed E-state index contributed by atoms with van der Waals surface area (Å²) in [5, 5.41) is 0. The SMILES string of the molecule is CCOC1(C(=O)Cc2cncc(Br)c2)CCCC1. The molecule has 98 valence electrons.